The van der Waals surface area contributed by atoms with Crippen molar-refractivity contribution in [2.45, 2.75) is 140 Å². The summed E-state index contributed by atoms with van der Waals surface area (Å²) in [5.74, 6) is -0.937. The zero-order valence-electron chi connectivity index (χ0n) is 36.0. The van der Waals surface area contributed by atoms with Gasteiger partial charge in [0.2, 0.25) is 0 Å². The first-order valence-corrected chi connectivity index (χ1v) is 20.7. The Hall–Kier alpha value is -3.86. The van der Waals surface area contributed by atoms with Crippen molar-refractivity contribution in [3.05, 3.63) is 100 Å². The topological polar surface area (TPSA) is 193 Å². The van der Waals surface area contributed by atoms with Gasteiger partial charge in [-0.25, -0.2) is 9.59 Å². The maximum atomic E-state index is 13.3. The number of ether oxygens (including phenoxy) is 7. The number of hydrogen-bond donors (Lipinski definition) is 4. The van der Waals surface area contributed by atoms with Gasteiger partial charge in [-0.1, -0.05) is 68.5 Å². The average molecular weight is 837 g/mol. The second-order valence-electron chi connectivity index (χ2n) is 17.8. The first-order valence-electron chi connectivity index (χ1n) is 20.7. The molecule has 0 spiro atoms. The fourth-order valence-electron chi connectivity index (χ4n) is 10.9. The van der Waals surface area contributed by atoms with Crippen LogP contribution in [-0.2, 0) is 33.2 Å². The molecule has 4 N–H and O–H groups in total. The number of carbonyl (C=O) groups excluding carboxylic acids is 1. The molecular formula is C46H60O14. The van der Waals surface area contributed by atoms with E-state index in [0.29, 0.717) is 29.9 Å². The number of carbonyl (C=O) groups is 1. The summed E-state index contributed by atoms with van der Waals surface area (Å²) in [5.41, 5.74) is -7.23. The van der Waals surface area contributed by atoms with Crippen LogP contribution in [0.5, 0.6) is 5.75 Å². The van der Waals surface area contributed by atoms with Gasteiger partial charge < -0.3 is 58.0 Å². The highest BCUT2D eigenvalue weighted by molar-refractivity contribution is 5.86. The second-order valence-corrected chi connectivity index (χ2v) is 17.8. The van der Waals surface area contributed by atoms with Gasteiger partial charge in [-0.2, -0.15) is 0 Å². The van der Waals surface area contributed by atoms with Crippen LogP contribution in [-0.4, -0.2) is 107 Å². The van der Waals surface area contributed by atoms with Gasteiger partial charge in [-0.3, -0.25) is 0 Å². The second kappa shape index (κ2) is 15.5. The Morgan fingerprint density at radius 3 is 1.75 bits per heavy atom. The number of hydrogen-bond acceptors (Lipinski definition) is 14. The molecule has 6 heterocycles. The van der Waals surface area contributed by atoms with E-state index in [1.54, 1.807) is 89.3 Å². The Morgan fingerprint density at radius 2 is 1.25 bits per heavy atom. The van der Waals surface area contributed by atoms with E-state index in [4.69, 9.17) is 37.6 Å². The average Bonchev–Trinajstić information content (AvgIpc) is 3.76. The molecule has 0 aromatic carbocycles. The summed E-state index contributed by atoms with van der Waals surface area (Å²) < 4.78 is 47.8. The maximum absolute atomic E-state index is 13.3. The highest BCUT2D eigenvalue weighted by atomic mass is 16.7. The summed E-state index contributed by atoms with van der Waals surface area (Å²) in [7, 11) is 2.94. The van der Waals surface area contributed by atoms with E-state index in [1.165, 1.54) is 26.4 Å². The minimum Gasteiger partial charge on any atom is -0.500 e. The molecule has 4 saturated heterocycles. The zero-order chi connectivity index (χ0) is 43.8. The Balaban J connectivity index is 1.18. The standard InChI is InChI=1S/C46H60O14/c1-11-30-44(7,51)42(5)37(49)27(55-39(42)57-30)20-15-13-14-18-22-46-35(36-25(3)29(53-9)23-33(47)59-36)26(41(46,4)32(54-10)24-34(48)60-46)19-16-17-21-28-38(50)43(6)40(56-28)58-31(12-2)45(43,8)52/h13-24,26-28,30-31,35,37-40,49-52H,11-12H2,1-10H3. The Kier molecular flexibility index (Phi) is 11.4. The molecule has 328 valence electrons. The number of aliphatic hydroxyl groups excluding tert-OH is 2. The van der Waals surface area contributed by atoms with Crippen LogP contribution in [0.2, 0.25) is 0 Å². The van der Waals surface area contributed by atoms with E-state index >= 15 is 0 Å². The maximum Gasteiger partial charge on any atom is 0.339 e. The van der Waals surface area contributed by atoms with E-state index < -0.39 is 106 Å². The van der Waals surface area contributed by atoms with E-state index in [1.807, 2.05) is 26.8 Å². The number of methoxy groups -OCH3 is 2. The lowest BCUT2D eigenvalue weighted by Crippen LogP contribution is -2.70. The first-order chi connectivity index (χ1) is 28.3. The Labute approximate surface area is 350 Å². The third kappa shape index (κ3) is 6.04. The molecular weight excluding hydrogens is 776 g/mol. The fraction of sp³-hybridized carbons (Fsp3) is 0.609. The third-order valence-corrected chi connectivity index (χ3v) is 15.1. The quantitative estimate of drug-likeness (QED) is 0.169. The summed E-state index contributed by atoms with van der Waals surface area (Å²) in [6, 6.07) is 1.26. The summed E-state index contributed by atoms with van der Waals surface area (Å²) in [5, 5.41) is 45.4. The SMILES string of the molecule is CCC1OC2OC(C=CC=CC=CC34OC(=O)C=C(OC)C3(C)C(C=CC=CC3OC5OC(CC)C(C)(O)C5(C)C3O)C4c3oc(=O)cc(OC)c3C)C(O)C2(C)C1(C)O. The number of aliphatic hydroxyl groups is 4. The lowest BCUT2D eigenvalue weighted by atomic mass is 9.42. The van der Waals surface area contributed by atoms with Crippen molar-refractivity contribution in [1.29, 1.82) is 0 Å². The number of esters is 1. The summed E-state index contributed by atoms with van der Waals surface area (Å²) in [6.45, 7) is 14.4. The zero-order valence-corrected chi connectivity index (χ0v) is 36.0. The highest BCUT2D eigenvalue weighted by Crippen LogP contribution is 2.71. The van der Waals surface area contributed by atoms with Crippen LogP contribution < -0.4 is 10.4 Å². The van der Waals surface area contributed by atoms with Crippen molar-refractivity contribution < 1.29 is 62.8 Å². The molecule has 0 bridgehead atoms. The lowest BCUT2D eigenvalue weighted by molar-refractivity contribution is -0.218. The van der Waals surface area contributed by atoms with E-state index in [0.717, 1.165) is 0 Å². The molecule has 6 aliphatic rings. The monoisotopic (exact) mass is 836 g/mol. The largest absolute Gasteiger partial charge is 0.500 e. The predicted octanol–water partition coefficient (Wildman–Crippen LogP) is 4.59. The Morgan fingerprint density at radius 1 is 0.733 bits per heavy atom. The molecule has 7 rings (SSSR count). The van der Waals surface area contributed by atoms with Crippen molar-refractivity contribution in [3.63, 3.8) is 0 Å². The fourth-order valence-corrected chi connectivity index (χ4v) is 10.9. The van der Waals surface area contributed by atoms with Gasteiger partial charge in [0.25, 0.3) is 0 Å². The van der Waals surface area contributed by atoms with Crippen LogP contribution in [0.4, 0.5) is 0 Å². The smallest absolute Gasteiger partial charge is 0.339 e. The molecule has 16 unspecified atom stereocenters. The number of allylic oxidation sites excluding steroid dienone is 7. The molecule has 0 radical (unpaired) electrons. The molecule has 1 saturated carbocycles. The molecule has 16 atom stereocenters. The van der Waals surface area contributed by atoms with Gasteiger partial charge >= 0.3 is 11.6 Å². The van der Waals surface area contributed by atoms with Crippen LogP contribution in [0, 0.1) is 29.1 Å². The molecule has 5 fully saturated rings. The minimum atomic E-state index is -1.42. The van der Waals surface area contributed by atoms with Gasteiger partial charge in [0.15, 0.2) is 18.2 Å². The third-order valence-electron chi connectivity index (χ3n) is 15.1. The lowest BCUT2D eigenvalue weighted by Gasteiger charge is -2.65. The number of rotatable bonds is 12. The van der Waals surface area contributed by atoms with Gasteiger partial charge in [-0.05, 0) is 60.5 Å². The van der Waals surface area contributed by atoms with E-state index in [-0.39, 0.29) is 5.76 Å². The summed E-state index contributed by atoms with van der Waals surface area (Å²) in [6.07, 6.45) is 13.9. The minimum absolute atomic E-state index is 0.268. The van der Waals surface area contributed by atoms with Crippen molar-refractivity contribution in [2.75, 3.05) is 14.2 Å². The van der Waals surface area contributed by atoms with Crippen LogP contribution in [0.3, 0.4) is 0 Å². The van der Waals surface area contributed by atoms with E-state index in [9.17, 15) is 30.0 Å². The van der Waals surface area contributed by atoms with Gasteiger partial charge in [0.1, 0.15) is 40.7 Å². The highest BCUT2D eigenvalue weighted by Gasteiger charge is 2.76. The predicted molar refractivity (Wildman–Crippen MR) is 217 cm³/mol. The number of fused-ring (bicyclic) bond motifs is 3. The van der Waals surface area contributed by atoms with Gasteiger partial charge in [0, 0.05) is 11.5 Å². The van der Waals surface area contributed by atoms with Crippen molar-refractivity contribution in [3.8, 4) is 5.75 Å². The molecule has 14 heteroatoms. The van der Waals surface area contributed by atoms with Crippen LogP contribution in [0.25, 0.3) is 0 Å². The molecule has 60 heavy (non-hydrogen) atoms. The molecule has 1 aromatic heterocycles. The molecule has 14 nitrogen and oxygen atoms in total. The molecule has 0 amide bonds. The summed E-state index contributed by atoms with van der Waals surface area (Å²) >= 11 is 0. The van der Waals surface area contributed by atoms with Gasteiger partial charge in [-0.15, -0.1) is 0 Å². The molecule has 1 aliphatic carbocycles. The summed E-state index contributed by atoms with van der Waals surface area (Å²) in [4.78, 5) is 26.3. The van der Waals surface area contributed by atoms with Crippen molar-refractivity contribution in [2.24, 2.45) is 22.2 Å². The van der Waals surface area contributed by atoms with Crippen molar-refractivity contribution in [1.82, 2.24) is 0 Å². The normalized spacial score (nSPS) is 46.1. The van der Waals surface area contributed by atoms with Crippen LogP contribution in [0.15, 0.2) is 87.9 Å². The van der Waals surface area contributed by atoms with Crippen molar-refractivity contribution >= 4 is 5.97 Å². The van der Waals surface area contributed by atoms with Gasteiger partial charge in [0.05, 0.1) is 72.9 Å². The molecule has 1 aromatic rings. The van der Waals surface area contributed by atoms with E-state index in [2.05, 4.69) is 0 Å². The molecule has 5 aliphatic heterocycles. The Bertz CT molecular complexity index is 2080. The first kappa shape index (κ1) is 44.2. The van der Waals surface area contributed by atoms with Crippen LogP contribution >= 0.6 is 0 Å². The van der Waals surface area contributed by atoms with Crippen LogP contribution in [0.1, 0.15) is 78.5 Å².